The van der Waals surface area contributed by atoms with Crippen LogP contribution in [0.2, 0.25) is 0 Å². The molecule has 1 N–H and O–H groups in total. The number of hydrogen-bond donors (Lipinski definition) is 1. The van der Waals surface area contributed by atoms with E-state index in [4.69, 9.17) is 4.74 Å². The average Bonchev–Trinajstić information content (AvgIpc) is 2.37. The number of fused-ring (bicyclic) bond motifs is 1. The number of halogens is 3. The quantitative estimate of drug-likeness (QED) is 0.883. The fraction of sp³-hybridized carbons (Fsp3) is 0.600. The van der Waals surface area contributed by atoms with Gasteiger partial charge in [0.2, 0.25) is 0 Å². The maximum Gasteiger partial charge on any atom is 0.392 e. The number of benzene rings is 1. The molecule has 1 aromatic carbocycles. The molecule has 1 atom stereocenters. The molecule has 1 unspecified atom stereocenters. The molecule has 112 valence electrons. The lowest BCUT2D eigenvalue weighted by Gasteiger charge is -2.26. The molecule has 0 radical (unpaired) electrons. The Hall–Kier alpha value is -1.23. The third kappa shape index (κ3) is 4.13. The highest BCUT2D eigenvalue weighted by atomic mass is 19.4. The third-order valence-corrected chi connectivity index (χ3v) is 3.53. The van der Waals surface area contributed by atoms with Crippen LogP contribution in [0.25, 0.3) is 0 Å². The predicted molar refractivity (Wildman–Crippen MR) is 72.0 cm³/mol. The van der Waals surface area contributed by atoms with Crippen LogP contribution in [-0.2, 0) is 6.42 Å². The molecule has 1 aliphatic carbocycles. The van der Waals surface area contributed by atoms with Crippen molar-refractivity contribution in [3.05, 3.63) is 29.3 Å². The van der Waals surface area contributed by atoms with Gasteiger partial charge in [0.15, 0.2) is 0 Å². The van der Waals surface area contributed by atoms with Gasteiger partial charge >= 0.3 is 6.18 Å². The largest absolute Gasteiger partial charge is 0.493 e. The summed E-state index contributed by atoms with van der Waals surface area (Å²) in [6.07, 6.45) is -1.91. The molecular formula is C15H20F3NO. The first kappa shape index (κ1) is 15.2. The van der Waals surface area contributed by atoms with Crippen LogP contribution in [0, 0.1) is 0 Å². The van der Waals surface area contributed by atoms with Crippen LogP contribution in [0.5, 0.6) is 5.75 Å². The summed E-state index contributed by atoms with van der Waals surface area (Å²) in [7, 11) is 0. The summed E-state index contributed by atoms with van der Waals surface area (Å²) in [5.41, 5.74) is 2.44. The lowest BCUT2D eigenvalue weighted by atomic mass is 9.87. The second kappa shape index (κ2) is 6.48. The molecular weight excluding hydrogens is 267 g/mol. The van der Waals surface area contributed by atoms with Gasteiger partial charge in [-0.1, -0.05) is 13.0 Å². The van der Waals surface area contributed by atoms with E-state index in [9.17, 15) is 13.2 Å². The van der Waals surface area contributed by atoms with Crippen molar-refractivity contribution in [1.82, 2.24) is 5.32 Å². The average molecular weight is 287 g/mol. The Balaban J connectivity index is 2.00. The van der Waals surface area contributed by atoms with Crippen molar-refractivity contribution in [3.63, 3.8) is 0 Å². The minimum atomic E-state index is -4.16. The number of hydrogen-bond acceptors (Lipinski definition) is 2. The van der Waals surface area contributed by atoms with Gasteiger partial charge in [-0.25, -0.2) is 0 Å². The van der Waals surface area contributed by atoms with E-state index in [0.717, 1.165) is 25.8 Å². The highest BCUT2D eigenvalue weighted by molar-refractivity contribution is 5.39. The van der Waals surface area contributed by atoms with E-state index in [1.165, 1.54) is 11.1 Å². The van der Waals surface area contributed by atoms with Gasteiger partial charge in [0.1, 0.15) is 5.75 Å². The lowest BCUT2D eigenvalue weighted by Crippen LogP contribution is -2.24. The minimum absolute atomic E-state index is 0.321. The van der Waals surface area contributed by atoms with Crippen LogP contribution in [0.3, 0.4) is 0 Å². The molecule has 0 saturated heterocycles. The van der Waals surface area contributed by atoms with E-state index in [0.29, 0.717) is 11.8 Å². The Bertz CT molecular complexity index is 445. The second-order valence-electron chi connectivity index (χ2n) is 5.08. The molecule has 0 saturated carbocycles. The Morgan fingerprint density at radius 1 is 1.35 bits per heavy atom. The smallest absolute Gasteiger partial charge is 0.392 e. The molecule has 0 aliphatic heterocycles. The number of ether oxygens (including phenoxy) is 1. The van der Waals surface area contributed by atoms with Crippen LogP contribution in [0.15, 0.2) is 18.2 Å². The standard InChI is InChI=1S/C15H20F3NO/c1-2-19-14-5-3-4-11-10-12(6-7-13(11)14)20-9-8-15(16,17)18/h6-7,10,14,19H,2-5,8-9H2,1H3. The molecule has 0 aromatic heterocycles. The predicted octanol–water partition coefficient (Wildman–Crippen LogP) is 4.00. The Morgan fingerprint density at radius 2 is 2.15 bits per heavy atom. The molecule has 0 bridgehead atoms. The van der Waals surface area contributed by atoms with Crippen LogP contribution in [0.4, 0.5) is 13.2 Å². The van der Waals surface area contributed by atoms with Gasteiger partial charge in [-0.3, -0.25) is 0 Å². The molecule has 1 aromatic rings. The summed E-state index contributed by atoms with van der Waals surface area (Å²) in [5, 5.41) is 3.43. The zero-order valence-electron chi connectivity index (χ0n) is 11.6. The Morgan fingerprint density at radius 3 is 2.85 bits per heavy atom. The number of nitrogens with one attached hydrogen (secondary N) is 1. The van der Waals surface area contributed by atoms with Gasteiger partial charge in [-0.2, -0.15) is 13.2 Å². The van der Waals surface area contributed by atoms with E-state index in [-0.39, 0.29) is 6.61 Å². The maximum atomic E-state index is 12.1. The van der Waals surface area contributed by atoms with Crippen LogP contribution in [0.1, 0.15) is 43.4 Å². The van der Waals surface area contributed by atoms with Crippen molar-refractivity contribution in [2.75, 3.05) is 13.2 Å². The molecule has 0 heterocycles. The summed E-state index contributed by atoms with van der Waals surface area (Å²) >= 11 is 0. The third-order valence-electron chi connectivity index (χ3n) is 3.53. The normalized spacial score (nSPS) is 18.7. The number of aryl methyl sites for hydroxylation is 1. The van der Waals surface area contributed by atoms with Crippen molar-refractivity contribution in [2.45, 2.75) is 44.8 Å². The SMILES string of the molecule is CCNC1CCCc2cc(OCCC(F)(F)F)ccc21. The second-order valence-corrected chi connectivity index (χ2v) is 5.08. The van der Waals surface area contributed by atoms with Crippen LogP contribution in [-0.4, -0.2) is 19.3 Å². The van der Waals surface area contributed by atoms with Gasteiger partial charge < -0.3 is 10.1 Å². The molecule has 1 aliphatic rings. The van der Waals surface area contributed by atoms with Crippen LogP contribution < -0.4 is 10.1 Å². The summed E-state index contributed by atoms with van der Waals surface area (Å²) in [6.45, 7) is 2.66. The zero-order chi connectivity index (χ0) is 14.6. The lowest BCUT2D eigenvalue weighted by molar-refractivity contribution is -0.139. The topological polar surface area (TPSA) is 21.3 Å². The van der Waals surface area contributed by atoms with E-state index in [2.05, 4.69) is 12.2 Å². The summed E-state index contributed by atoms with van der Waals surface area (Å²) in [6, 6.07) is 5.98. The van der Waals surface area contributed by atoms with E-state index in [1.54, 1.807) is 6.07 Å². The van der Waals surface area contributed by atoms with E-state index < -0.39 is 12.6 Å². The Labute approximate surface area is 117 Å². The summed E-state index contributed by atoms with van der Waals surface area (Å²) in [4.78, 5) is 0. The van der Waals surface area contributed by atoms with Crippen molar-refractivity contribution in [1.29, 1.82) is 0 Å². The highest BCUT2D eigenvalue weighted by Crippen LogP contribution is 2.32. The van der Waals surface area contributed by atoms with Gasteiger partial charge in [0.05, 0.1) is 13.0 Å². The van der Waals surface area contributed by atoms with Gasteiger partial charge in [0.25, 0.3) is 0 Å². The first-order chi connectivity index (χ1) is 9.49. The van der Waals surface area contributed by atoms with Gasteiger partial charge in [-0.05, 0) is 49.1 Å². The molecule has 0 spiro atoms. The molecule has 2 nitrogen and oxygen atoms in total. The van der Waals surface area contributed by atoms with E-state index >= 15 is 0 Å². The first-order valence-electron chi connectivity index (χ1n) is 7.05. The Kier molecular flexibility index (Phi) is 4.91. The molecule has 5 heteroatoms. The summed E-state index contributed by atoms with van der Waals surface area (Å²) in [5.74, 6) is 0.533. The molecule has 20 heavy (non-hydrogen) atoms. The van der Waals surface area contributed by atoms with Crippen molar-refractivity contribution in [2.24, 2.45) is 0 Å². The minimum Gasteiger partial charge on any atom is -0.493 e. The van der Waals surface area contributed by atoms with Crippen molar-refractivity contribution in [3.8, 4) is 5.75 Å². The van der Waals surface area contributed by atoms with Crippen molar-refractivity contribution < 1.29 is 17.9 Å². The fourth-order valence-electron chi connectivity index (χ4n) is 2.62. The zero-order valence-corrected chi connectivity index (χ0v) is 11.6. The van der Waals surface area contributed by atoms with Crippen LogP contribution >= 0.6 is 0 Å². The van der Waals surface area contributed by atoms with Crippen molar-refractivity contribution >= 4 is 0 Å². The summed E-state index contributed by atoms with van der Waals surface area (Å²) < 4.78 is 41.4. The number of alkyl halides is 3. The maximum absolute atomic E-state index is 12.1. The molecule has 0 amide bonds. The monoisotopic (exact) mass is 287 g/mol. The first-order valence-corrected chi connectivity index (χ1v) is 7.05. The molecule has 0 fully saturated rings. The number of rotatable bonds is 5. The van der Waals surface area contributed by atoms with Gasteiger partial charge in [-0.15, -0.1) is 0 Å². The van der Waals surface area contributed by atoms with Gasteiger partial charge in [0, 0.05) is 6.04 Å². The fourth-order valence-corrected chi connectivity index (χ4v) is 2.62. The molecule has 2 rings (SSSR count). The van der Waals surface area contributed by atoms with E-state index in [1.807, 2.05) is 12.1 Å². The highest BCUT2D eigenvalue weighted by Gasteiger charge is 2.27.